The van der Waals surface area contributed by atoms with Crippen molar-refractivity contribution in [2.45, 2.75) is 13.0 Å². The number of benzene rings is 2. The van der Waals surface area contributed by atoms with E-state index in [1.807, 2.05) is 0 Å². The monoisotopic (exact) mass is 332 g/mol. The molecule has 1 unspecified atom stereocenters. The van der Waals surface area contributed by atoms with E-state index in [1.54, 1.807) is 24.3 Å². The minimum atomic E-state index is -1.06. The molecule has 0 radical (unpaired) electrons. The van der Waals surface area contributed by atoms with Gasteiger partial charge in [0.05, 0.1) is 11.4 Å². The number of fused-ring (bicyclic) bond motifs is 1. The number of ether oxygens (including phenoxy) is 1. The summed E-state index contributed by atoms with van der Waals surface area (Å²) in [5.74, 6) is -2.80. The predicted molar refractivity (Wildman–Crippen MR) is 83.9 cm³/mol. The fraction of sp³-hybridized carbons (Fsp3) is 0.176. The number of hydrogen-bond acceptors (Lipinski definition) is 3. The smallest absolute Gasteiger partial charge is 0.268 e. The first-order chi connectivity index (χ1) is 11.5. The van der Waals surface area contributed by atoms with Crippen LogP contribution in [0.25, 0.3) is 0 Å². The Hall–Kier alpha value is -2.96. The van der Waals surface area contributed by atoms with Crippen molar-refractivity contribution in [1.82, 2.24) is 0 Å². The summed E-state index contributed by atoms with van der Waals surface area (Å²) >= 11 is 0. The molecule has 1 N–H and O–H groups in total. The highest BCUT2D eigenvalue weighted by atomic mass is 19.2. The van der Waals surface area contributed by atoms with Crippen molar-refractivity contribution in [3.63, 3.8) is 0 Å². The number of hydrogen-bond donors (Lipinski definition) is 1. The number of nitrogens with zero attached hydrogens (tertiary/aromatic N) is 1. The van der Waals surface area contributed by atoms with Crippen LogP contribution in [0.1, 0.15) is 6.92 Å². The Balaban J connectivity index is 1.80. The van der Waals surface area contributed by atoms with Crippen LogP contribution in [-0.4, -0.2) is 24.5 Å². The summed E-state index contributed by atoms with van der Waals surface area (Å²) in [6, 6.07) is 9.91. The van der Waals surface area contributed by atoms with Gasteiger partial charge in [-0.05, 0) is 31.2 Å². The first kappa shape index (κ1) is 15.9. The maximum Gasteiger partial charge on any atom is 0.268 e. The van der Waals surface area contributed by atoms with E-state index in [4.69, 9.17) is 4.74 Å². The van der Waals surface area contributed by atoms with Crippen LogP contribution in [0, 0.1) is 11.6 Å². The predicted octanol–water partition coefficient (Wildman–Crippen LogP) is 2.72. The molecular weight excluding hydrogens is 318 g/mol. The summed E-state index contributed by atoms with van der Waals surface area (Å²) in [5, 5.41) is 2.68. The minimum Gasteiger partial charge on any atom is -0.481 e. The van der Waals surface area contributed by atoms with Crippen molar-refractivity contribution in [2.75, 3.05) is 16.8 Å². The Morgan fingerprint density at radius 1 is 1.21 bits per heavy atom. The molecule has 1 aliphatic rings. The maximum absolute atomic E-state index is 13.2. The van der Waals surface area contributed by atoms with Crippen LogP contribution in [0.3, 0.4) is 0 Å². The number of para-hydroxylation sites is 2. The molecule has 2 aromatic carbocycles. The lowest BCUT2D eigenvalue weighted by Gasteiger charge is -2.31. The lowest BCUT2D eigenvalue weighted by molar-refractivity contribution is -0.126. The fourth-order valence-electron chi connectivity index (χ4n) is 2.45. The lowest BCUT2D eigenvalue weighted by Crippen LogP contribution is -2.47. The zero-order chi connectivity index (χ0) is 17.3. The van der Waals surface area contributed by atoms with Gasteiger partial charge >= 0.3 is 0 Å². The van der Waals surface area contributed by atoms with E-state index in [-0.39, 0.29) is 18.2 Å². The van der Waals surface area contributed by atoms with Gasteiger partial charge in [0.1, 0.15) is 12.3 Å². The van der Waals surface area contributed by atoms with Crippen LogP contribution in [0.2, 0.25) is 0 Å². The van der Waals surface area contributed by atoms with Gasteiger partial charge in [0.25, 0.3) is 5.91 Å². The number of carbonyl (C=O) groups excluding carboxylic acids is 2. The quantitative estimate of drug-likeness (QED) is 0.940. The van der Waals surface area contributed by atoms with Crippen LogP contribution in [0.5, 0.6) is 5.75 Å². The van der Waals surface area contributed by atoms with Crippen LogP contribution in [-0.2, 0) is 9.59 Å². The molecule has 0 bridgehead atoms. The van der Waals surface area contributed by atoms with Gasteiger partial charge < -0.3 is 10.1 Å². The third-order valence-corrected chi connectivity index (χ3v) is 3.59. The van der Waals surface area contributed by atoms with Crippen molar-refractivity contribution in [1.29, 1.82) is 0 Å². The number of nitrogens with one attached hydrogen (secondary N) is 1. The Kier molecular flexibility index (Phi) is 4.16. The van der Waals surface area contributed by atoms with Crippen molar-refractivity contribution in [3.05, 3.63) is 54.1 Å². The van der Waals surface area contributed by atoms with E-state index in [0.717, 1.165) is 12.1 Å². The Bertz CT molecular complexity index is 810. The second kappa shape index (κ2) is 6.27. The van der Waals surface area contributed by atoms with E-state index in [2.05, 4.69) is 5.32 Å². The van der Waals surface area contributed by atoms with Crippen LogP contribution >= 0.6 is 0 Å². The first-order valence-corrected chi connectivity index (χ1v) is 7.27. The van der Waals surface area contributed by atoms with Gasteiger partial charge in [-0.15, -0.1) is 0 Å². The van der Waals surface area contributed by atoms with Gasteiger partial charge in [0.15, 0.2) is 17.7 Å². The highest BCUT2D eigenvalue weighted by Crippen LogP contribution is 2.29. The van der Waals surface area contributed by atoms with Crippen molar-refractivity contribution in [2.24, 2.45) is 0 Å². The average molecular weight is 332 g/mol. The first-order valence-electron chi connectivity index (χ1n) is 7.27. The van der Waals surface area contributed by atoms with Crippen LogP contribution in [0.4, 0.5) is 20.2 Å². The molecule has 0 aromatic heterocycles. The van der Waals surface area contributed by atoms with Gasteiger partial charge in [0.2, 0.25) is 5.91 Å². The standard InChI is InChI=1S/C17H14F2N2O3/c1-10(24-11-6-7-12(18)13(19)8-11)17(23)21-9-16(22)20-14-4-2-3-5-15(14)21/h2-8,10H,9H2,1H3,(H,20,22). The molecule has 2 aromatic rings. The molecule has 0 saturated heterocycles. The molecule has 0 fully saturated rings. The fourth-order valence-corrected chi connectivity index (χ4v) is 2.45. The number of anilines is 2. The number of amides is 2. The summed E-state index contributed by atoms with van der Waals surface area (Å²) < 4.78 is 31.6. The molecule has 1 aliphatic heterocycles. The molecule has 0 saturated carbocycles. The molecule has 0 aliphatic carbocycles. The third kappa shape index (κ3) is 3.05. The average Bonchev–Trinajstić information content (AvgIpc) is 2.56. The molecule has 1 atom stereocenters. The molecule has 7 heteroatoms. The largest absolute Gasteiger partial charge is 0.481 e. The summed E-state index contributed by atoms with van der Waals surface area (Å²) in [7, 11) is 0. The second-order valence-corrected chi connectivity index (χ2v) is 5.33. The molecule has 3 rings (SSSR count). The molecular formula is C17H14F2N2O3. The van der Waals surface area contributed by atoms with E-state index >= 15 is 0 Å². The normalized spacial score (nSPS) is 14.6. The number of rotatable bonds is 3. The summed E-state index contributed by atoms with van der Waals surface area (Å²) in [6.07, 6.45) is -0.978. The topological polar surface area (TPSA) is 58.6 Å². The van der Waals surface area contributed by atoms with Gasteiger partial charge in [-0.25, -0.2) is 8.78 Å². The summed E-state index contributed by atoms with van der Waals surface area (Å²) in [6.45, 7) is 1.35. The van der Waals surface area contributed by atoms with Gasteiger partial charge in [-0.1, -0.05) is 12.1 Å². The molecule has 24 heavy (non-hydrogen) atoms. The Morgan fingerprint density at radius 2 is 1.96 bits per heavy atom. The Morgan fingerprint density at radius 3 is 2.71 bits per heavy atom. The summed E-state index contributed by atoms with van der Waals surface area (Å²) in [4.78, 5) is 25.7. The SMILES string of the molecule is CC(Oc1ccc(F)c(F)c1)C(=O)N1CC(=O)Nc2ccccc21. The third-order valence-electron chi connectivity index (χ3n) is 3.59. The van der Waals surface area contributed by atoms with Crippen LogP contribution < -0.4 is 15.0 Å². The highest BCUT2D eigenvalue weighted by Gasteiger charge is 2.30. The van der Waals surface area contributed by atoms with E-state index < -0.39 is 23.6 Å². The lowest BCUT2D eigenvalue weighted by atomic mass is 10.1. The maximum atomic E-state index is 13.2. The van der Waals surface area contributed by atoms with Gasteiger partial charge in [-0.3, -0.25) is 14.5 Å². The van der Waals surface area contributed by atoms with E-state index in [9.17, 15) is 18.4 Å². The number of halogens is 2. The summed E-state index contributed by atoms with van der Waals surface area (Å²) in [5.41, 5.74) is 1.09. The van der Waals surface area contributed by atoms with Crippen molar-refractivity contribution >= 4 is 23.2 Å². The molecule has 5 nitrogen and oxygen atoms in total. The zero-order valence-electron chi connectivity index (χ0n) is 12.8. The molecule has 0 spiro atoms. The highest BCUT2D eigenvalue weighted by molar-refractivity contribution is 6.10. The molecule has 2 amide bonds. The number of carbonyl (C=O) groups is 2. The Labute approximate surface area is 136 Å². The minimum absolute atomic E-state index is 0.0319. The zero-order valence-corrected chi connectivity index (χ0v) is 12.8. The molecule has 1 heterocycles. The molecule has 124 valence electrons. The van der Waals surface area contributed by atoms with Crippen molar-refractivity contribution < 1.29 is 23.1 Å². The van der Waals surface area contributed by atoms with Crippen LogP contribution in [0.15, 0.2) is 42.5 Å². The second-order valence-electron chi connectivity index (χ2n) is 5.33. The van der Waals surface area contributed by atoms with Gasteiger partial charge in [-0.2, -0.15) is 0 Å². The van der Waals surface area contributed by atoms with E-state index in [0.29, 0.717) is 11.4 Å². The van der Waals surface area contributed by atoms with Crippen molar-refractivity contribution in [3.8, 4) is 5.75 Å². The van der Waals surface area contributed by atoms with E-state index in [1.165, 1.54) is 17.9 Å². The van der Waals surface area contributed by atoms with Gasteiger partial charge in [0, 0.05) is 6.07 Å².